The number of aryl methyl sites for hydroxylation is 1. The Morgan fingerprint density at radius 2 is 2.04 bits per heavy atom. The molecule has 6 nitrogen and oxygen atoms in total. The lowest BCUT2D eigenvalue weighted by atomic mass is 9.93. The second kappa shape index (κ2) is 6.49. The molecule has 1 aliphatic carbocycles. The lowest BCUT2D eigenvalue weighted by Crippen LogP contribution is -2.27. The summed E-state index contributed by atoms with van der Waals surface area (Å²) in [7, 11) is 1.49. The van der Waals surface area contributed by atoms with Crippen LogP contribution in [0.25, 0.3) is 0 Å². The van der Waals surface area contributed by atoms with Gasteiger partial charge in [-0.1, -0.05) is 11.6 Å². The number of hydrogen-bond acceptors (Lipinski definition) is 4. The molecular weight excluding hydrogens is 332 g/mol. The first-order valence-corrected chi connectivity index (χ1v) is 7.81. The van der Waals surface area contributed by atoms with E-state index in [9.17, 15) is 14.4 Å². The smallest absolute Gasteiger partial charge is 0.261 e. The molecule has 0 fully saturated rings. The van der Waals surface area contributed by atoms with Crippen molar-refractivity contribution in [2.45, 2.75) is 19.3 Å². The molecule has 1 amide bonds. The van der Waals surface area contributed by atoms with Gasteiger partial charge in [-0.2, -0.15) is 0 Å². The summed E-state index contributed by atoms with van der Waals surface area (Å²) in [6, 6.07) is 6.12. The summed E-state index contributed by atoms with van der Waals surface area (Å²) >= 11 is 6.02. The van der Waals surface area contributed by atoms with Gasteiger partial charge in [0.1, 0.15) is 11.3 Å². The second-order valence-electron chi connectivity index (χ2n) is 5.48. The third-order valence-electron chi connectivity index (χ3n) is 3.91. The van der Waals surface area contributed by atoms with Gasteiger partial charge in [0, 0.05) is 23.4 Å². The number of aromatic amines is 1. The minimum atomic E-state index is -0.598. The lowest BCUT2D eigenvalue weighted by Gasteiger charge is -2.15. The highest BCUT2D eigenvalue weighted by atomic mass is 35.5. The van der Waals surface area contributed by atoms with Gasteiger partial charge >= 0.3 is 0 Å². The minimum absolute atomic E-state index is 0.0611. The molecule has 7 heteroatoms. The van der Waals surface area contributed by atoms with E-state index in [2.05, 4.69) is 10.3 Å². The van der Waals surface area contributed by atoms with E-state index in [0.717, 1.165) is 0 Å². The number of carbonyl (C=O) groups is 2. The van der Waals surface area contributed by atoms with E-state index in [1.807, 2.05) is 0 Å². The Kier molecular flexibility index (Phi) is 4.40. The number of ketones is 1. The number of pyridine rings is 1. The van der Waals surface area contributed by atoms with Crippen LogP contribution >= 0.6 is 11.6 Å². The van der Waals surface area contributed by atoms with E-state index in [1.54, 1.807) is 12.1 Å². The van der Waals surface area contributed by atoms with Gasteiger partial charge in [-0.25, -0.2) is 0 Å². The third-order valence-corrected chi connectivity index (χ3v) is 4.20. The largest absolute Gasteiger partial charge is 0.495 e. The van der Waals surface area contributed by atoms with Crippen LogP contribution in [-0.2, 0) is 6.42 Å². The van der Waals surface area contributed by atoms with E-state index in [0.29, 0.717) is 47.0 Å². The summed E-state index contributed by atoms with van der Waals surface area (Å²) < 4.78 is 5.05. The van der Waals surface area contributed by atoms with Crippen LogP contribution in [0.4, 0.5) is 5.69 Å². The molecule has 0 spiro atoms. The predicted molar refractivity (Wildman–Crippen MR) is 90.3 cm³/mol. The lowest BCUT2D eigenvalue weighted by molar-refractivity contribution is 0.0971. The average molecular weight is 347 g/mol. The monoisotopic (exact) mass is 346 g/mol. The molecule has 2 N–H and O–H groups in total. The normalized spacial score (nSPS) is 13.3. The average Bonchev–Trinajstić information content (AvgIpc) is 2.54. The number of aromatic nitrogens is 1. The molecule has 0 atom stereocenters. The molecule has 124 valence electrons. The Bertz CT molecular complexity index is 889. The van der Waals surface area contributed by atoms with Crippen LogP contribution in [-0.4, -0.2) is 23.8 Å². The summed E-state index contributed by atoms with van der Waals surface area (Å²) in [6.07, 6.45) is 1.76. The van der Waals surface area contributed by atoms with Crippen LogP contribution in [0.1, 0.15) is 39.3 Å². The number of Topliss-reactive ketones (excluding diaryl/α,β-unsaturated/α-hetero) is 1. The van der Waals surface area contributed by atoms with Crippen molar-refractivity contribution in [1.29, 1.82) is 0 Å². The maximum absolute atomic E-state index is 12.4. The number of anilines is 1. The van der Waals surface area contributed by atoms with E-state index in [-0.39, 0.29) is 11.3 Å². The Balaban J connectivity index is 1.90. The van der Waals surface area contributed by atoms with Crippen LogP contribution in [0.2, 0.25) is 5.02 Å². The number of halogens is 1. The maximum atomic E-state index is 12.4. The van der Waals surface area contributed by atoms with E-state index in [4.69, 9.17) is 16.3 Å². The number of amides is 1. The molecule has 1 aromatic heterocycles. The Hall–Kier alpha value is -2.60. The summed E-state index contributed by atoms with van der Waals surface area (Å²) in [5.41, 5.74) is 0.824. The molecule has 0 saturated heterocycles. The Morgan fingerprint density at radius 1 is 1.25 bits per heavy atom. The number of fused-ring (bicyclic) bond motifs is 1. The molecular formula is C17H15ClN2O4. The molecule has 0 radical (unpaired) electrons. The SMILES string of the molecule is COc1ccc(NC(=O)c2cc3c([nH]c2=O)CCCC3=O)cc1Cl. The van der Waals surface area contributed by atoms with Crippen molar-refractivity contribution < 1.29 is 14.3 Å². The molecule has 1 aliphatic rings. The van der Waals surface area contributed by atoms with Gasteiger partial charge in [0.25, 0.3) is 11.5 Å². The number of benzene rings is 1. The first-order chi connectivity index (χ1) is 11.5. The number of methoxy groups -OCH3 is 1. The molecule has 1 aromatic carbocycles. The fraction of sp³-hybridized carbons (Fsp3) is 0.235. The van der Waals surface area contributed by atoms with E-state index < -0.39 is 11.5 Å². The van der Waals surface area contributed by atoms with Gasteiger partial charge in [0.15, 0.2) is 5.78 Å². The highest BCUT2D eigenvalue weighted by Crippen LogP contribution is 2.27. The molecule has 3 rings (SSSR count). The van der Waals surface area contributed by atoms with Crippen molar-refractivity contribution >= 4 is 29.0 Å². The van der Waals surface area contributed by atoms with Crippen molar-refractivity contribution in [3.8, 4) is 5.75 Å². The topological polar surface area (TPSA) is 88.3 Å². The van der Waals surface area contributed by atoms with Crippen LogP contribution in [0.5, 0.6) is 5.75 Å². The fourth-order valence-electron chi connectivity index (χ4n) is 2.69. The first kappa shape index (κ1) is 16.3. The highest BCUT2D eigenvalue weighted by molar-refractivity contribution is 6.32. The van der Waals surface area contributed by atoms with Crippen LogP contribution in [0.15, 0.2) is 29.1 Å². The van der Waals surface area contributed by atoms with Gasteiger partial charge in [-0.05, 0) is 37.1 Å². The van der Waals surface area contributed by atoms with Crippen molar-refractivity contribution in [3.05, 3.63) is 56.5 Å². The van der Waals surface area contributed by atoms with Gasteiger partial charge in [0.2, 0.25) is 0 Å². The fourth-order valence-corrected chi connectivity index (χ4v) is 2.94. The standard InChI is InChI=1S/C17H15ClN2O4/c1-24-15-6-5-9(7-12(15)18)19-16(22)11-8-10-13(20-17(11)23)3-2-4-14(10)21/h5-8H,2-4H2,1H3,(H,19,22)(H,20,23). The first-order valence-electron chi connectivity index (χ1n) is 7.44. The zero-order chi connectivity index (χ0) is 17.3. The third kappa shape index (κ3) is 3.05. The van der Waals surface area contributed by atoms with Crippen molar-refractivity contribution in [2.24, 2.45) is 0 Å². The summed E-state index contributed by atoms with van der Waals surface area (Å²) in [4.78, 5) is 39.1. The summed E-state index contributed by atoms with van der Waals surface area (Å²) in [5.74, 6) is -0.181. The van der Waals surface area contributed by atoms with Gasteiger partial charge in [-0.3, -0.25) is 14.4 Å². The van der Waals surface area contributed by atoms with E-state index in [1.165, 1.54) is 19.2 Å². The second-order valence-corrected chi connectivity index (χ2v) is 5.89. The Labute approximate surface area is 142 Å². The van der Waals surface area contributed by atoms with E-state index >= 15 is 0 Å². The maximum Gasteiger partial charge on any atom is 0.261 e. The molecule has 2 aromatic rings. The molecule has 24 heavy (non-hydrogen) atoms. The number of hydrogen-bond donors (Lipinski definition) is 2. The number of rotatable bonds is 3. The number of H-pyrrole nitrogens is 1. The number of carbonyl (C=O) groups excluding carboxylic acids is 2. The van der Waals surface area contributed by atoms with Crippen LogP contribution < -0.4 is 15.6 Å². The van der Waals surface area contributed by atoms with Gasteiger partial charge in [0.05, 0.1) is 12.1 Å². The molecule has 0 aliphatic heterocycles. The quantitative estimate of drug-likeness (QED) is 0.894. The summed E-state index contributed by atoms with van der Waals surface area (Å²) in [5, 5.41) is 2.94. The van der Waals surface area contributed by atoms with Crippen molar-refractivity contribution in [2.75, 3.05) is 12.4 Å². The Morgan fingerprint density at radius 3 is 2.75 bits per heavy atom. The van der Waals surface area contributed by atoms with Gasteiger partial charge in [-0.15, -0.1) is 0 Å². The summed E-state index contributed by atoms with van der Waals surface area (Å²) in [6.45, 7) is 0. The molecule has 0 bridgehead atoms. The molecule has 1 heterocycles. The van der Waals surface area contributed by atoms with Crippen LogP contribution in [0.3, 0.4) is 0 Å². The van der Waals surface area contributed by atoms with Crippen LogP contribution in [0, 0.1) is 0 Å². The zero-order valence-corrected chi connectivity index (χ0v) is 13.7. The van der Waals surface area contributed by atoms with Gasteiger partial charge < -0.3 is 15.0 Å². The van der Waals surface area contributed by atoms with Crippen molar-refractivity contribution in [1.82, 2.24) is 4.98 Å². The number of nitrogens with one attached hydrogen (secondary N) is 2. The predicted octanol–water partition coefficient (Wildman–Crippen LogP) is 2.81. The number of ether oxygens (including phenoxy) is 1. The zero-order valence-electron chi connectivity index (χ0n) is 12.9. The minimum Gasteiger partial charge on any atom is -0.495 e. The highest BCUT2D eigenvalue weighted by Gasteiger charge is 2.22. The molecule has 0 saturated carbocycles. The molecule has 0 unspecified atom stereocenters. The van der Waals surface area contributed by atoms with Crippen molar-refractivity contribution in [3.63, 3.8) is 0 Å².